The second kappa shape index (κ2) is 4.87. The van der Waals surface area contributed by atoms with Crippen molar-refractivity contribution in [1.82, 2.24) is 0 Å². The Morgan fingerprint density at radius 3 is 2.35 bits per heavy atom. The molecule has 0 saturated carbocycles. The standard InChI is InChI=1S/C12H16O4S/c1-4-17(15,16)11-7-9(12(13)14)5-6-10(11)8(2)3/h5-8H,4H2,1-3H3,(H,13,14). The molecule has 94 valence electrons. The van der Waals surface area contributed by atoms with Gasteiger partial charge < -0.3 is 5.11 Å². The van der Waals surface area contributed by atoms with Crippen molar-refractivity contribution < 1.29 is 18.3 Å². The lowest BCUT2D eigenvalue weighted by atomic mass is 10.0. The highest BCUT2D eigenvalue weighted by atomic mass is 32.2. The molecule has 0 aliphatic rings. The third-order valence-electron chi connectivity index (χ3n) is 2.60. The number of aromatic carboxylic acids is 1. The van der Waals surface area contributed by atoms with Crippen LogP contribution in [0, 0.1) is 0 Å². The molecule has 0 aromatic heterocycles. The zero-order valence-corrected chi connectivity index (χ0v) is 10.9. The molecule has 0 fully saturated rings. The SMILES string of the molecule is CCS(=O)(=O)c1cc(C(=O)O)ccc1C(C)C. The van der Waals surface area contributed by atoms with Crippen molar-refractivity contribution in [2.75, 3.05) is 5.75 Å². The minimum absolute atomic E-state index is 0.00132. The van der Waals surface area contributed by atoms with Gasteiger partial charge in [0.2, 0.25) is 0 Å². The van der Waals surface area contributed by atoms with Crippen LogP contribution in [0.5, 0.6) is 0 Å². The second-order valence-electron chi connectivity index (χ2n) is 4.12. The highest BCUT2D eigenvalue weighted by molar-refractivity contribution is 7.91. The lowest BCUT2D eigenvalue weighted by molar-refractivity contribution is 0.0696. The van der Waals surface area contributed by atoms with Gasteiger partial charge in [0.25, 0.3) is 0 Å². The first kappa shape index (κ1) is 13.7. The Kier molecular flexibility index (Phi) is 3.93. The van der Waals surface area contributed by atoms with E-state index in [0.29, 0.717) is 5.56 Å². The summed E-state index contributed by atoms with van der Waals surface area (Å²) in [5.41, 5.74) is 0.665. The number of carboxylic acid groups (broad SMARTS) is 1. The predicted octanol–water partition coefficient (Wildman–Crippen LogP) is 2.30. The van der Waals surface area contributed by atoms with Crippen LogP contribution in [0.4, 0.5) is 0 Å². The number of carboxylic acids is 1. The van der Waals surface area contributed by atoms with Gasteiger partial charge >= 0.3 is 5.97 Å². The first-order valence-electron chi connectivity index (χ1n) is 5.39. The van der Waals surface area contributed by atoms with E-state index in [1.807, 2.05) is 13.8 Å². The van der Waals surface area contributed by atoms with Gasteiger partial charge in [0.1, 0.15) is 0 Å². The van der Waals surface area contributed by atoms with Crippen molar-refractivity contribution in [3.8, 4) is 0 Å². The number of rotatable bonds is 4. The molecular weight excluding hydrogens is 240 g/mol. The van der Waals surface area contributed by atoms with E-state index in [4.69, 9.17) is 5.11 Å². The maximum atomic E-state index is 11.9. The van der Waals surface area contributed by atoms with E-state index in [-0.39, 0.29) is 22.1 Å². The van der Waals surface area contributed by atoms with Crippen molar-refractivity contribution in [3.05, 3.63) is 29.3 Å². The number of benzene rings is 1. The van der Waals surface area contributed by atoms with E-state index in [9.17, 15) is 13.2 Å². The molecular formula is C12H16O4S. The van der Waals surface area contributed by atoms with Crippen molar-refractivity contribution in [2.45, 2.75) is 31.6 Å². The molecule has 1 N–H and O–H groups in total. The lowest BCUT2D eigenvalue weighted by Crippen LogP contribution is -2.10. The van der Waals surface area contributed by atoms with Gasteiger partial charge in [-0.3, -0.25) is 0 Å². The molecule has 0 amide bonds. The summed E-state index contributed by atoms with van der Waals surface area (Å²) in [6.45, 7) is 5.31. The van der Waals surface area contributed by atoms with Crippen molar-refractivity contribution in [1.29, 1.82) is 0 Å². The molecule has 0 aliphatic carbocycles. The van der Waals surface area contributed by atoms with Gasteiger partial charge in [0, 0.05) is 0 Å². The second-order valence-corrected chi connectivity index (χ2v) is 6.36. The van der Waals surface area contributed by atoms with E-state index < -0.39 is 15.8 Å². The number of hydrogen-bond donors (Lipinski definition) is 1. The van der Waals surface area contributed by atoms with Gasteiger partial charge in [-0.25, -0.2) is 13.2 Å². The van der Waals surface area contributed by atoms with Crippen LogP contribution in [-0.4, -0.2) is 25.2 Å². The van der Waals surface area contributed by atoms with E-state index >= 15 is 0 Å². The van der Waals surface area contributed by atoms with Gasteiger partial charge in [-0.15, -0.1) is 0 Å². The van der Waals surface area contributed by atoms with E-state index in [2.05, 4.69) is 0 Å². The van der Waals surface area contributed by atoms with E-state index in [1.54, 1.807) is 13.0 Å². The number of hydrogen-bond acceptors (Lipinski definition) is 3. The lowest BCUT2D eigenvalue weighted by Gasteiger charge is -2.13. The average molecular weight is 256 g/mol. The van der Waals surface area contributed by atoms with Gasteiger partial charge in [-0.2, -0.15) is 0 Å². The predicted molar refractivity (Wildman–Crippen MR) is 65.2 cm³/mol. The fourth-order valence-corrected chi connectivity index (χ4v) is 2.85. The molecule has 4 nitrogen and oxygen atoms in total. The molecule has 1 rings (SSSR count). The van der Waals surface area contributed by atoms with Gasteiger partial charge in [-0.1, -0.05) is 26.8 Å². The summed E-state index contributed by atoms with van der Waals surface area (Å²) in [5.74, 6) is -1.11. The van der Waals surface area contributed by atoms with Crippen molar-refractivity contribution in [2.24, 2.45) is 0 Å². The Balaban J connectivity index is 3.52. The van der Waals surface area contributed by atoms with Crippen LogP contribution in [0.15, 0.2) is 23.1 Å². The minimum Gasteiger partial charge on any atom is -0.478 e. The Hall–Kier alpha value is -1.36. The largest absolute Gasteiger partial charge is 0.478 e. The Labute approximate surface area is 101 Å². The normalized spacial score (nSPS) is 11.8. The van der Waals surface area contributed by atoms with Crippen molar-refractivity contribution in [3.63, 3.8) is 0 Å². The summed E-state index contributed by atoms with van der Waals surface area (Å²) < 4.78 is 23.8. The topological polar surface area (TPSA) is 71.4 Å². The smallest absolute Gasteiger partial charge is 0.335 e. The maximum absolute atomic E-state index is 11.9. The van der Waals surface area contributed by atoms with Gasteiger partial charge in [0.15, 0.2) is 9.84 Å². The van der Waals surface area contributed by atoms with Crippen LogP contribution in [0.1, 0.15) is 42.6 Å². The number of sulfone groups is 1. The Bertz CT molecular complexity index is 529. The molecule has 0 spiro atoms. The van der Waals surface area contributed by atoms with Crippen LogP contribution in [0.2, 0.25) is 0 Å². The molecule has 5 heteroatoms. The van der Waals surface area contributed by atoms with Crippen LogP contribution in [0.3, 0.4) is 0 Å². The quantitative estimate of drug-likeness (QED) is 0.897. The van der Waals surface area contributed by atoms with Crippen molar-refractivity contribution >= 4 is 15.8 Å². The van der Waals surface area contributed by atoms with E-state index in [1.165, 1.54) is 12.1 Å². The molecule has 0 bridgehead atoms. The molecule has 1 aromatic rings. The summed E-state index contributed by atoms with van der Waals surface area (Å²) in [7, 11) is -3.39. The zero-order valence-electron chi connectivity index (χ0n) is 10.1. The molecule has 0 heterocycles. The average Bonchev–Trinajstić information content (AvgIpc) is 2.28. The third kappa shape index (κ3) is 2.85. The molecule has 0 unspecified atom stereocenters. The minimum atomic E-state index is -3.39. The number of carbonyl (C=O) groups is 1. The molecule has 1 aromatic carbocycles. The highest BCUT2D eigenvalue weighted by Crippen LogP contribution is 2.25. The third-order valence-corrected chi connectivity index (χ3v) is 4.38. The van der Waals surface area contributed by atoms with Gasteiger partial charge in [-0.05, 0) is 23.6 Å². The first-order valence-corrected chi connectivity index (χ1v) is 7.04. The molecule has 0 saturated heterocycles. The van der Waals surface area contributed by atoms with E-state index in [0.717, 1.165) is 0 Å². The molecule has 0 atom stereocenters. The monoisotopic (exact) mass is 256 g/mol. The Morgan fingerprint density at radius 2 is 1.94 bits per heavy atom. The molecule has 17 heavy (non-hydrogen) atoms. The highest BCUT2D eigenvalue weighted by Gasteiger charge is 2.20. The first-order chi connectivity index (χ1) is 7.79. The summed E-state index contributed by atoms with van der Waals surface area (Å²) in [5, 5.41) is 8.88. The van der Waals surface area contributed by atoms with Crippen LogP contribution < -0.4 is 0 Å². The van der Waals surface area contributed by atoms with Gasteiger partial charge in [0.05, 0.1) is 16.2 Å². The van der Waals surface area contributed by atoms with Crippen LogP contribution in [0.25, 0.3) is 0 Å². The Morgan fingerprint density at radius 1 is 1.35 bits per heavy atom. The summed E-state index contributed by atoms with van der Waals surface area (Å²) >= 11 is 0. The molecule has 0 radical (unpaired) electrons. The zero-order chi connectivity index (χ0) is 13.2. The van der Waals surface area contributed by atoms with Crippen LogP contribution >= 0.6 is 0 Å². The summed E-state index contributed by atoms with van der Waals surface area (Å²) in [4.78, 5) is 11.0. The summed E-state index contributed by atoms with van der Waals surface area (Å²) in [6.07, 6.45) is 0. The maximum Gasteiger partial charge on any atom is 0.335 e. The summed E-state index contributed by atoms with van der Waals surface area (Å²) in [6, 6.07) is 4.26. The fourth-order valence-electron chi connectivity index (χ4n) is 1.57. The molecule has 0 aliphatic heterocycles. The van der Waals surface area contributed by atoms with Crippen LogP contribution in [-0.2, 0) is 9.84 Å². The fraction of sp³-hybridized carbons (Fsp3) is 0.417.